The average molecular weight is 286 g/mol. The number of hydrogen-bond acceptors (Lipinski definition) is 4. The summed E-state index contributed by atoms with van der Waals surface area (Å²) in [5, 5.41) is 9.25. The van der Waals surface area contributed by atoms with E-state index in [0.717, 1.165) is 29.5 Å². The van der Waals surface area contributed by atoms with Gasteiger partial charge in [0.15, 0.2) is 5.17 Å². The maximum atomic E-state index is 4.60. The second kappa shape index (κ2) is 5.71. The van der Waals surface area contributed by atoms with Crippen molar-refractivity contribution in [3.63, 3.8) is 0 Å². The monoisotopic (exact) mass is 286 g/mol. The van der Waals surface area contributed by atoms with E-state index >= 15 is 0 Å². The number of nitrogens with one attached hydrogen (secondary N) is 1. The molecule has 4 nitrogen and oxygen atoms in total. The zero-order valence-corrected chi connectivity index (χ0v) is 12.5. The van der Waals surface area contributed by atoms with Gasteiger partial charge in [0.25, 0.3) is 0 Å². The Bertz CT molecular complexity index is 618. The maximum Gasteiger partial charge on any atom is 0.161 e. The Morgan fingerprint density at radius 3 is 2.90 bits per heavy atom. The summed E-state index contributed by atoms with van der Waals surface area (Å²) in [5.41, 5.74) is 3.48. The first kappa shape index (κ1) is 13.2. The van der Waals surface area contributed by atoms with Crippen molar-refractivity contribution in [2.45, 2.75) is 18.6 Å². The van der Waals surface area contributed by atoms with Crippen molar-refractivity contribution >= 4 is 22.6 Å². The Balaban J connectivity index is 1.68. The Morgan fingerprint density at radius 1 is 1.35 bits per heavy atom. The highest BCUT2D eigenvalue weighted by molar-refractivity contribution is 8.14. The van der Waals surface area contributed by atoms with Crippen LogP contribution in [0, 0.1) is 0 Å². The highest BCUT2D eigenvalue weighted by Gasteiger charge is 2.22. The van der Waals surface area contributed by atoms with E-state index in [-0.39, 0.29) is 0 Å². The maximum absolute atomic E-state index is 4.60. The topological polar surface area (TPSA) is 42.2 Å². The van der Waals surface area contributed by atoms with Crippen molar-refractivity contribution < 1.29 is 0 Å². The summed E-state index contributed by atoms with van der Waals surface area (Å²) in [6.07, 6.45) is 2.93. The van der Waals surface area contributed by atoms with E-state index in [1.807, 2.05) is 24.0 Å². The molecule has 0 saturated carbocycles. The van der Waals surface area contributed by atoms with Crippen LogP contribution in [0.3, 0.4) is 0 Å². The molecule has 0 aliphatic carbocycles. The largest absolute Gasteiger partial charge is 0.332 e. The van der Waals surface area contributed by atoms with Gasteiger partial charge in [0, 0.05) is 13.2 Å². The number of anilines is 1. The van der Waals surface area contributed by atoms with Gasteiger partial charge in [0.1, 0.15) is 0 Å². The van der Waals surface area contributed by atoms with Crippen molar-refractivity contribution in [3.8, 4) is 0 Å². The van der Waals surface area contributed by atoms with Crippen molar-refractivity contribution in [1.82, 2.24) is 9.78 Å². The molecular weight excluding hydrogens is 268 g/mol. The number of nitrogens with zero attached hydrogens (tertiary/aromatic N) is 3. The van der Waals surface area contributed by atoms with Crippen LogP contribution in [0.1, 0.15) is 23.4 Å². The second-order valence-electron chi connectivity index (χ2n) is 4.80. The van der Waals surface area contributed by atoms with Gasteiger partial charge >= 0.3 is 0 Å². The van der Waals surface area contributed by atoms with Gasteiger partial charge in [-0.1, -0.05) is 49.0 Å². The van der Waals surface area contributed by atoms with E-state index < -0.39 is 0 Å². The van der Waals surface area contributed by atoms with E-state index in [1.165, 1.54) is 5.56 Å². The number of benzene rings is 1. The summed E-state index contributed by atoms with van der Waals surface area (Å²) in [7, 11) is 1.95. The van der Waals surface area contributed by atoms with Gasteiger partial charge in [0.2, 0.25) is 0 Å². The third-order valence-corrected chi connectivity index (χ3v) is 4.47. The van der Waals surface area contributed by atoms with Crippen LogP contribution in [-0.4, -0.2) is 21.5 Å². The smallest absolute Gasteiger partial charge is 0.161 e. The molecule has 1 aromatic carbocycles. The molecule has 1 N–H and O–H groups in total. The van der Waals surface area contributed by atoms with Crippen LogP contribution in [0.2, 0.25) is 0 Å². The van der Waals surface area contributed by atoms with Crippen LogP contribution in [-0.2, 0) is 13.5 Å². The van der Waals surface area contributed by atoms with Gasteiger partial charge in [-0.15, -0.1) is 0 Å². The van der Waals surface area contributed by atoms with Crippen LogP contribution in [0.25, 0.3) is 0 Å². The van der Waals surface area contributed by atoms with Gasteiger partial charge in [-0.3, -0.25) is 9.67 Å². The quantitative estimate of drug-likeness (QED) is 0.942. The molecule has 2 heterocycles. The lowest BCUT2D eigenvalue weighted by Gasteiger charge is -2.09. The first-order valence-corrected chi connectivity index (χ1v) is 7.70. The molecule has 1 aliphatic rings. The molecule has 0 amide bonds. The van der Waals surface area contributed by atoms with E-state index in [1.54, 1.807) is 11.8 Å². The van der Waals surface area contributed by atoms with Crippen LogP contribution in [0.4, 0.5) is 5.69 Å². The van der Waals surface area contributed by atoms with E-state index in [0.29, 0.717) is 5.25 Å². The third-order valence-electron chi connectivity index (χ3n) is 3.31. The van der Waals surface area contributed by atoms with Crippen molar-refractivity contribution in [3.05, 3.63) is 47.8 Å². The van der Waals surface area contributed by atoms with Crippen LogP contribution < -0.4 is 5.32 Å². The zero-order chi connectivity index (χ0) is 13.9. The number of aromatic nitrogens is 2. The van der Waals surface area contributed by atoms with Crippen molar-refractivity contribution in [2.24, 2.45) is 12.0 Å². The Labute approximate surface area is 123 Å². The average Bonchev–Trinajstić information content (AvgIpc) is 3.07. The number of aliphatic imine (C=N–C) groups is 1. The third kappa shape index (κ3) is 2.72. The minimum atomic E-state index is 0.417. The summed E-state index contributed by atoms with van der Waals surface area (Å²) >= 11 is 1.79. The molecule has 0 spiro atoms. The summed E-state index contributed by atoms with van der Waals surface area (Å²) in [6.45, 7) is 2.95. The molecule has 104 valence electrons. The number of rotatable bonds is 3. The lowest BCUT2D eigenvalue weighted by atomic mass is 10.1. The molecule has 0 saturated heterocycles. The van der Waals surface area contributed by atoms with Crippen molar-refractivity contribution in [1.29, 1.82) is 0 Å². The minimum absolute atomic E-state index is 0.417. The predicted molar refractivity (Wildman–Crippen MR) is 85.3 cm³/mol. The summed E-state index contributed by atoms with van der Waals surface area (Å²) < 4.78 is 1.84. The molecular formula is C15H18N4S. The highest BCUT2D eigenvalue weighted by atomic mass is 32.2. The zero-order valence-electron chi connectivity index (χ0n) is 11.7. The molecule has 5 heteroatoms. The van der Waals surface area contributed by atoms with E-state index in [4.69, 9.17) is 0 Å². The summed E-state index contributed by atoms with van der Waals surface area (Å²) in [4.78, 5) is 4.60. The molecule has 0 fully saturated rings. The van der Waals surface area contributed by atoms with E-state index in [2.05, 4.69) is 46.6 Å². The Hall–Kier alpha value is -1.75. The minimum Gasteiger partial charge on any atom is -0.332 e. The van der Waals surface area contributed by atoms with Crippen LogP contribution in [0.5, 0.6) is 0 Å². The molecule has 2 aromatic rings. The number of thioether (sulfide) groups is 1. The van der Waals surface area contributed by atoms with Gasteiger partial charge in [-0.2, -0.15) is 5.10 Å². The molecule has 1 aliphatic heterocycles. The van der Waals surface area contributed by atoms with Gasteiger partial charge in [-0.05, 0) is 12.0 Å². The first-order chi connectivity index (χ1) is 9.76. The fourth-order valence-corrected chi connectivity index (χ4v) is 3.33. The Kier molecular flexibility index (Phi) is 3.78. The van der Waals surface area contributed by atoms with Gasteiger partial charge in [-0.25, -0.2) is 0 Å². The molecule has 1 atom stereocenters. The fraction of sp³-hybridized carbons (Fsp3) is 0.333. The summed E-state index contributed by atoms with van der Waals surface area (Å²) in [6, 6.07) is 10.5. The fourth-order valence-electron chi connectivity index (χ4n) is 2.30. The number of amidine groups is 1. The first-order valence-electron chi connectivity index (χ1n) is 6.82. The van der Waals surface area contributed by atoms with Crippen LogP contribution in [0.15, 0.2) is 41.5 Å². The molecule has 0 bridgehead atoms. The second-order valence-corrected chi connectivity index (χ2v) is 6.00. The Morgan fingerprint density at radius 2 is 2.15 bits per heavy atom. The van der Waals surface area contributed by atoms with Gasteiger partial charge < -0.3 is 5.32 Å². The summed E-state index contributed by atoms with van der Waals surface area (Å²) in [5.74, 6) is 0. The molecule has 20 heavy (non-hydrogen) atoms. The van der Waals surface area contributed by atoms with Crippen LogP contribution >= 0.6 is 11.8 Å². The molecule has 0 radical (unpaired) electrons. The predicted octanol–water partition coefficient (Wildman–Crippen LogP) is 3.24. The van der Waals surface area contributed by atoms with Crippen molar-refractivity contribution in [2.75, 3.05) is 11.9 Å². The molecule has 1 unspecified atom stereocenters. The van der Waals surface area contributed by atoms with Gasteiger partial charge in [0.05, 0.1) is 23.2 Å². The number of aryl methyl sites for hydroxylation is 2. The highest BCUT2D eigenvalue weighted by Crippen LogP contribution is 2.35. The van der Waals surface area contributed by atoms with E-state index in [9.17, 15) is 0 Å². The normalized spacial score (nSPS) is 18.1. The lowest BCUT2D eigenvalue weighted by Crippen LogP contribution is -2.06. The lowest BCUT2D eigenvalue weighted by molar-refractivity contribution is 0.746. The SMILES string of the molecule is CCc1nn(C)cc1NC1=NCC(c2ccccc2)S1. The molecule has 3 rings (SSSR count). The number of hydrogen-bond donors (Lipinski definition) is 1. The standard InChI is InChI=1S/C15H18N4S/c1-3-12-13(10-19(2)18-12)17-15-16-9-14(20-15)11-7-5-4-6-8-11/h4-8,10,14H,3,9H2,1-2H3,(H,16,17). The molecule has 1 aromatic heterocycles.